The second kappa shape index (κ2) is 6.09. The summed E-state index contributed by atoms with van der Waals surface area (Å²) in [4.78, 5) is 0. The van der Waals surface area contributed by atoms with Crippen molar-refractivity contribution in [2.45, 2.75) is 19.9 Å². The number of rotatable bonds is 4. The van der Waals surface area contributed by atoms with Crippen LogP contribution in [0.4, 0.5) is 0 Å². The van der Waals surface area contributed by atoms with E-state index >= 15 is 0 Å². The number of halogens is 1. The van der Waals surface area contributed by atoms with Crippen LogP contribution in [0.25, 0.3) is 11.1 Å². The van der Waals surface area contributed by atoms with E-state index in [1.807, 2.05) is 56.3 Å². The highest BCUT2D eigenvalue weighted by Gasteiger charge is 2.07. The van der Waals surface area contributed by atoms with Crippen LogP contribution in [0, 0.1) is 0 Å². The van der Waals surface area contributed by atoms with E-state index in [9.17, 15) is 0 Å². The van der Waals surface area contributed by atoms with Gasteiger partial charge in [0.1, 0.15) is 5.75 Å². The Morgan fingerprint density at radius 1 is 1.16 bits per heavy atom. The Kier molecular flexibility index (Phi) is 4.46. The molecule has 0 amide bonds. The van der Waals surface area contributed by atoms with Gasteiger partial charge in [-0.1, -0.05) is 35.9 Å². The molecule has 0 aromatic heterocycles. The predicted octanol–water partition coefficient (Wildman–Crippen LogP) is 4.43. The molecule has 0 fully saturated rings. The summed E-state index contributed by atoms with van der Waals surface area (Å²) in [6, 6.07) is 13.9. The molecule has 3 heteroatoms. The monoisotopic (exact) mass is 275 g/mol. The fourth-order valence-electron chi connectivity index (χ4n) is 2.01. The predicted molar refractivity (Wildman–Crippen MR) is 80.7 cm³/mol. The molecule has 2 aromatic rings. The van der Waals surface area contributed by atoms with Crippen molar-refractivity contribution in [2.24, 2.45) is 5.73 Å². The van der Waals surface area contributed by atoms with Gasteiger partial charge in [-0.05, 0) is 48.7 Å². The molecule has 0 spiro atoms. The lowest BCUT2D eigenvalue weighted by Crippen LogP contribution is -2.05. The molecule has 0 heterocycles. The van der Waals surface area contributed by atoms with E-state index in [0.29, 0.717) is 11.6 Å². The van der Waals surface area contributed by atoms with Crippen LogP contribution >= 0.6 is 11.6 Å². The maximum absolute atomic E-state index is 6.26. The van der Waals surface area contributed by atoms with Crippen molar-refractivity contribution in [1.82, 2.24) is 0 Å². The van der Waals surface area contributed by atoms with Crippen LogP contribution in [-0.2, 0) is 0 Å². The van der Waals surface area contributed by atoms with Gasteiger partial charge in [-0.15, -0.1) is 0 Å². The van der Waals surface area contributed by atoms with Gasteiger partial charge >= 0.3 is 0 Å². The van der Waals surface area contributed by atoms with Crippen LogP contribution in [-0.4, -0.2) is 6.61 Å². The highest BCUT2D eigenvalue weighted by Crippen LogP contribution is 2.29. The smallest absolute Gasteiger partial charge is 0.119 e. The average molecular weight is 276 g/mol. The summed E-state index contributed by atoms with van der Waals surface area (Å²) in [6.07, 6.45) is 0. The van der Waals surface area contributed by atoms with E-state index in [4.69, 9.17) is 22.1 Å². The van der Waals surface area contributed by atoms with E-state index in [1.165, 1.54) is 0 Å². The van der Waals surface area contributed by atoms with Gasteiger partial charge < -0.3 is 10.5 Å². The second-order valence-corrected chi connectivity index (χ2v) is 4.89. The molecule has 2 rings (SSSR count). The maximum atomic E-state index is 6.26. The van der Waals surface area contributed by atoms with Crippen LogP contribution in [0.1, 0.15) is 25.5 Å². The summed E-state index contributed by atoms with van der Waals surface area (Å²) < 4.78 is 5.51. The first kappa shape index (κ1) is 13.9. The third kappa shape index (κ3) is 3.28. The minimum Gasteiger partial charge on any atom is -0.494 e. The minimum atomic E-state index is -0.0590. The first-order valence-corrected chi connectivity index (χ1v) is 6.78. The highest BCUT2D eigenvalue weighted by atomic mass is 35.5. The third-order valence-electron chi connectivity index (χ3n) is 2.97. The average Bonchev–Trinajstić information content (AvgIpc) is 2.39. The normalized spacial score (nSPS) is 12.2. The van der Waals surface area contributed by atoms with Gasteiger partial charge in [-0.25, -0.2) is 0 Å². The van der Waals surface area contributed by atoms with E-state index in [1.54, 1.807) is 0 Å². The van der Waals surface area contributed by atoms with Crippen molar-refractivity contribution in [3.63, 3.8) is 0 Å². The molecule has 0 aliphatic rings. The Balaban J connectivity index is 2.36. The van der Waals surface area contributed by atoms with Crippen molar-refractivity contribution in [2.75, 3.05) is 6.61 Å². The van der Waals surface area contributed by atoms with E-state index in [-0.39, 0.29) is 6.04 Å². The summed E-state index contributed by atoms with van der Waals surface area (Å²) in [5.41, 5.74) is 8.98. The molecule has 0 saturated carbocycles. The van der Waals surface area contributed by atoms with Gasteiger partial charge in [0.25, 0.3) is 0 Å². The zero-order valence-corrected chi connectivity index (χ0v) is 11.9. The van der Waals surface area contributed by atoms with Gasteiger partial charge in [0, 0.05) is 11.1 Å². The minimum absolute atomic E-state index is 0.0590. The molecule has 2 nitrogen and oxygen atoms in total. The molecule has 2 N–H and O–H groups in total. The summed E-state index contributed by atoms with van der Waals surface area (Å²) in [5, 5.41) is 0.703. The summed E-state index contributed by atoms with van der Waals surface area (Å²) in [7, 11) is 0. The van der Waals surface area contributed by atoms with Crippen LogP contribution in [0.15, 0.2) is 42.5 Å². The van der Waals surface area contributed by atoms with Crippen LogP contribution in [0.3, 0.4) is 0 Å². The number of ether oxygens (including phenoxy) is 1. The van der Waals surface area contributed by atoms with Gasteiger partial charge in [-0.2, -0.15) is 0 Å². The molecule has 0 bridgehead atoms. The molecule has 2 aromatic carbocycles. The first-order valence-electron chi connectivity index (χ1n) is 6.40. The zero-order valence-electron chi connectivity index (χ0n) is 11.2. The fraction of sp³-hybridized carbons (Fsp3) is 0.250. The highest BCUT2D eigenvalue weighted by molar-refractivity contribution is 6.31. The third-order valence-corrected chi connectivity index (χ3v) is 3.30. The first-order chi connectivity index (χ1) is 9.11. The summed E-state index contributed by atoms with van der Waals surface area (Å²) in [6.45, 7) is 4.56. The Morgan fingerprint density at radius 3 is 2.53 bits per heavy atom. The number of benzene rings is 2. The molecular formula is C16H18ClNO. The molecule has 0 radical (unpaired) electrons. The molecule has 0 aliphatic heterocycles. The van der Waals surface area contributed by atoms with Crippen LogP contribution in [0.5, 0.6) is 5.75 Å². The molecular weight excluding hydrogens is 258 g/mol. The Bertz CT molecular complexity index is 566. The van der Waals surface area contributed by atoms with Crippen molar-refractivity contribution in [3.05, 3.63) is 53.1 Å². The van der Waals surface area contributed by atoms with E-state index < -0.39 is 0 Å². The molecule has 100 valence electrons. The van der Waals surface area contributed by atoms with Crippen LogP contribution < -0.4 is 10.5 Å². The van der Waals surface area contributed by atoms with E-state index in [0.717, 1.165) is 22.4 Å². The maximum Gasteiger partial charge on any atom is 0.119 e. The zero-order chi connectivity index (χ0) is 13.8. The SMILES string of the molecule is CCOc1cccc(-c2ccc(C(C)N)c(Cl)c2)c1. The molecule has 1 unspecified atom stereocenters. The van der Waals surface area contributed by atoms with Gasteiger partial charge in [0.2, 0.25) is 0 Å². The number of hydrogen-bond acceptors (Lipinski definition) is 2. The quantitative estimate of drug-likeness (QED) is 0.896. The molecule has 1 atom stereocenters. The van der Waals surface area contributed by atoms with Crippen molar-refractivity contribution in [1.29, 1.82) is 0 Å². The van der Waals surface area contributed by atoms with Gasteiger partial charge in [-0.3, -0.25) is 0 Å². The van der Waals surface area contributed by atoms with Crippen LogP contribution in [0.2, 0.25) is 5.02 Å². The lowest BCUT2D eigenvalue weighted by Gasteiger charge is -2.11. The largest absolute Gasteiger partial charge is 0.494 e. The van der Waals surface area contributed by atoms with Gasteiger partial charge in [0.15, 0.2) is 0 Å². The molecule has 19 heavy (non-hydrogen) atoms. The Morgan fingerprint density at radius 2 is 1.89 bits per heavy atom. The topological polar surface area (TPSA) is 35.2 Å². The van der Waals surface area contributed by atoms with Crippen molar-refractivity contribution >= 4 is 11.6 Å². The molecule has 0 saturated heterocycles. The summed E-state index contributed by atoms with van der Waals surface area (Å²) in [5.74, 6) is 0.868. The molecule has 0 aliphatic carbocycles. The van der Waals surface area contributed by atoms with Gasteiger partial charge in [0.05, 0.1) is 6.61 Å². The summed E-state index contributed by atoms with van der Waals surface area (Å²) >= 11 is 6.26. The van der Waals surface area contributed by atoms with E-state index in [2.05, 4.69) is 0 Å². The Hall–Kier alpha value is -1.51. The lowest BCUT2D eigenvalue weighted by atomic mass is 10.0. The standard InChI is InChI=1S/C16H18ClNO/c1-3-19-14-6-4-5-12(9-14)13-7-8-15(11(2)18)16(17)10-13/h4-11H,3,18H2,1-2H3. The van der Waals surface area contributed by atoms with Crippen molar-refractivity contribution in [3.8, 4) is 16.9 Å². The second-order valence-electron chi connectivity index (χ2n) is 4.49. The lowest BCUT2D eigenvalue weighted by molar-refractivity contribution is 0.340. The number of hydrogen-bond donors (Lipinski definition) is 1. The van der Waals surface area contributed by atoms with Crippen molar-refractivity contribution < 1.29 is 4.74 Å². The Labute approximate surface area is 119 Å². The number of nitrogens with two attached hydrogens (primary N) is 1. The fourth-order valence-corrected chi connectivity index (χ4v) is 2.36.